The van der Waals surface area contributed by atoms with Crippen LogP contribution in [0.2, 0.25) is 0 Å². The summed E-state index contributed by atoms with van der Waals surface area (Å²) in [5, 5.41) is 4.17. The number of benzene rings is 2. The molecule has 1 aromatic heterocycles. The van der Waals surface area contributed by atoms with Crippen LogP contribution in [-0.4, -0.2) is 30.9 Å². The minimum absolute atomic E-state index is 0.199. The third-order valence-corrected chi connectivity index (χ3v) is 7.14. The summed E-state index contributed by atoms with van der Waals surface area (Å²) in [6.07, 6.45) is 1.68. The first kappa shape index (κ1) is 16.5. The van der Waals surface area contributed by atoms with Gasteiger partial charge in [-0.05, 0) is 42.5 Å². The Morgan fingerprint density at radius 2 is 1.89 bits per heavy atom. The molecule has 2 aromatic carbocycles. The fourth-order valence-electron chi connectivity index (χ4n) is 3.78. The van der Waals surface area contributed by atoms with E-state index in [4.69, 9.17) is 4.52 Å². The normalized spacial score (nSPS) is 23.5. The van der Waals surface area contributed by atoms with Crippen LogP contribution in [0.5, 0.6) is 0 Å². The number of hydrogen-bond acceptors (Lipinski definition) is 5. The average Bonchev–Trinajstić information content (AvgIpc) is 3.18. The van der Waals surface area contributed by atoms with Crippen LogP contribution < -0.4 is 4.31 Å². The SMILES string of the molecule is O=S1(=O)CCCN1c1cccc(-c2nc([C@@H]3C[C@H]3c3ccccc3)no2)c1. The highest BCUT2D eigenvalue weighted by Crippen LogP contribution is 2.53. The molecular formula is C20H19N3O3S. The van der Waals surface area contributed by atoms with Gasteiger partial charge in [-0.15, -0.1) is 0 Å². The number of anilines is 1. The molecule has 1 saturated heterocycles. The molecule has 2 atom stereocenters. The van der Waals surface area contributed by atoms with E-state index in [9.17, 15) is 8.42 Å². The summed E-state index contributed by atoms with van der Waals surface area (Å²) in [6.45, 7) is 0.516. The molecule has 3 aromatic rings. The molecule has 6 nitrogen and oxygen atoms in total. The molecule has 1 aliphatic heterocycles. The highest BCUT2D eigenvalue weighted by atomic mass is 32.2. The van der Waals surface area contributed by atoms with Crippen LogP contribution >= 0.6 is 0 Å². The Balaban J connectivity index is 1.39. The van der Waals surface area contributed by atoms with Crippen LogP contribution in [-0.2, 0) is 10.0 Å². The van der Waals surface area contributed by atoms with E-state index >= 15 is 0 Å². The number of rotatable bonds is 4. The second-order valence-electron chi connectivity index (χ2n) is 7.11. The molecule has 2 aliphatic rings. The van der Waals surface area contributed by atoms with E-state index < -0.39 is 10.0 Å². The van der Waals surface area contributed by atoms with E-state index in [1.807, 2.05) is 36.4 Å². The second-order valence-corrected chi connectivity index (χ2v) is 9.12. The van der Waals surface area contributed by atoms with Crippen LogP contribution in [0.4, 0.5) is 5.69 Å². The van der Waals surface area contributed by atoms with Gasteiger partial charge in [0.1, 0.15) is 0 Å². The van der Waals surface area contributed by atoms with Crippen LogP contribution in [0.25, 0.3) is 11.5 Å². The molecule has 0 radical (unpaired) electrons. The van der Waals surface area contributed by atoms with E-state index in [0.29, 0.717) is 30.5 Å². The van der Waals surface area contributed by atoms with Crippen LogP contribution in [0, 0.1) is 0 Å². The standard InChI is InChI=1S/C20H19N3O3S/c24-27(25)11-5-10-23(27)16-9-4-8-15(12-16)20-21-19(22-26-20)18-13-17(18)14-6-2-1-3-7-14/h1-4,6-9,12,17-18H,5,10-11,13H2/t17-,18+/m0/s1. The van der Waals surface area contributed by atoms with Crippen molar-refractivity contribution in [3.05, 3.63) is 66.0 Å². The summed E-state index contributed by atoms with van der Waals surface area (Å²) in [7, 11) is -3.21. The average molecular weight is 381 g/mol. The van der Waals surface area contributed by atoms with Crippen molar-refractivity contribution in [3.63, 3.8) is 0 Å². The lowest BCUT2D eigenvalue weighted by atomic mass is 10.1. The Morgan fingerprint density at radius 1 is 1.04 bits per heavy atom. The van der Waals surface area contributed by atoms with E-state index in [1.165, 1.54) is 9.87 Å². The Kier molecular flexibility index (Phi) is 3.79. The minimum atomic E-state index is -3.21. The van der Waals surface area contributed by atoms with Crippen molar-refractivity contribution in [2.75, 3.05) is 16.6 Å². The quantitative estimate of drug-likeness (QED) is 0.691. The molecule has 0 unspecified atom stereocenters. The predicted molar refractivity (Wildman–Crippen MR) is 102 cm³/mol. The van der Waals surface area contributed by atoms with Crippen molar-refractivity contribution >= 4 is 15.7 Å². The first-order chi connectivity index (χ1) is 13.1. The third-order valence-electron chi connectivity index (χ3n) is 5.27. The summed E-state index contributed by atoms with van der Waals surface area (Å²) < 4.78 is 31.2. The van der Waals surface area contributed by atoms with Crippen LogP contribution in [0.1, 0.15) is 36.1 Å². The zero-order valence-electron chi connectivity index (χ0n) is 14.7. The lowest BCUT2D eigenvalue weighted by Crippen LogP contribution is -2.24. The van der Waals surface area contributed by atoms with Gasteiger partial charge >= 0.3 is 0 Å². The van der Waals surface area contributed by atoms with E-state index in [0.717, 1.165) is 17.8 Å². The van der Waals surface area contributed by atoms with Gasteiger partial charge in [0, 0.05) is 18.0 Å². The maximum atomic E-state index is 12.2. The molecule has 2 fully saturated rings. The van der Waals surface area contributed by atoms with E-state index in [2.05, 4.69) is 22.3 Å². The van der Waals surface area contributed by atoms with E-state index in [-0.39, 0.29) is 11.7 Å². The van der Waals surface area contributed by atoms with Gasteiger partial charge in [-0.2, -0.15) is 4.98 Å². The van der Waals surface area contributed by atoms with Gasteiger partial charge in [0.2, 0.25) is 10.0 Å². The molecule has 1 saturated carbocycles. The zero-order valence-corrected chi connectivity index (χ0v) is 15.5. The van der Waals surface area contributed by atoms with Crippen molar-refractivity contribution in [1.82, 2.24) is 10.1 Å². The molecule has 138 valence electrons. The first-order valence-corrected chi connectivity index (χ1v) is 10.7. The molecule has 7 heteroatoms. The lowest BCUT2D eigenvalue weighted by Gasteiger charge is -2.17. The first-order valence-electron chi connectivity index (χ1n) is 9.11. The van der Waals surface area contributed by atoms with Gasteiger partial charge in [0.15, 0.2) is 5.82 Å². The zero-order chi connectivity index (χ0) is 18.4. The van der Waals surface area contributed by atoms with Crippen molar-refractivity contribution in [1.29, 1.82) is 0 Å². The number of nitrogens with zero attached hydrogens (tertiary/aromatic N) is 3. The monoisotopic (exact) mass is 381 g/mol. The fourth-order valence-corrected chi connectivity index (χ4v) is 5.33. The van der Waals surface area contributed by atoms with Gasteiger partial charge in [0.25, 0.3) is 5.89 Å². The summed E-state index contributed by atoms with van der Waals surface area (Å²) in [5.41, 5.74) is 2.69. The molecule has 0 spiro atoms. The van der Waals surface area contributed by atoms with Crippen LogP contribution in [0.3, 0.4) is 0 Å². The Labute approximate surface area is 157 Å². The molecule has 2 heterocycles. The topological polar surface area (TPSA) is 76.3 Å². The highest BCUT2D eigenvalue weighted by Gasteiger charge is 2.43. The third kappa shape index (κ3) is 3.02. The van der Waals surface area contributed by atoms with Gasteiger partial charge in [-0.3, -0.25) is 4.31 Å². The summed E-state index contributed by atoms with van der Waals surface area (Å²) in [5.74, 6) is 2.08. The van der Waals surface area contributed by atoms with Crippen molar-refractivity contribution < 1.29 is 12.9 Å². The Bertz CT molecular complexity index is 1080. The summed E-state index contributed by atoms with van der Waals surface area (Å²) in [4.78, 5) is 4.58. The number of sulfonamides is 1. The molecule has 0 amide bonds. The van der Waals surface area contributed by atoms with Gasteiger partial charge in [-0.1, -0.05) is 41.6 Å². The maximum absolute atomic E-state index is 12.2. The Morgan fingerprint density at radius 3 is 2.67 bits per heavy atom. The second kappa shape index (κ2) is 6.20. The molecule has 0 bridgehead atoms. The summed E-state index contributed by atoms with van der Waals surface area (Å²) >= 11 is 0. The highest BCUT2D eigenvalue weighted by molar-refractivity contribution is 7.93. The molecular weight excluding hydrogens is 362 g/mol. The van der Waals surface area contributed by atoms with Crippen molar-refractivity contribution in [2.24, 2.45) is 0 Å². The summed E-state index contributed by atoms with van der Waals surface area (Å²) in [6, 6.07) is 17.7. The van der Waals surface area contributed by atoms with Crippen molar-refractivity contribution in [2.45, 2.75) is 24.7 Å². The Hall–Kier alpha value is -2.67. The van der Waals surface area contributed by atoms with Gasteiger partial charge in [-0.25, -0.2) is 8.42 Å². The van der Waals surface area contributed by atoms with Crippen molar-refractivity contribution in [3.8, 4) is 11.5 Å². The van der Waals surface area contributed by atoms with Crippen LogP contribution in [0.15, 0.2) is 59.1 Å². The smallest absolute Gasteiger partial charge is 0.258 e. The molecule has 27 heavy (non-hydrogen) atoms. The largest absolute Gasteiger partial charge is 0.334 e. The molecule has 0 N–H and O–H groups in total. The van der Waals surface area contributed by atoms with E-state index in [1.54, 1.807) is 6.07 Å². The maximum Gasteiger partial charge on any atom is 0.258 e. The van der Waals surface area contributed by atoms with Gasteiger partial charge < -0.3 is 4.52 Å². The predicted octanol–water partition coefficient (Wildman–Crippen LogP) is 3.55. The molecule has 5 rings (SSSR count). The minimum Gasteiger partial charge on any atom is -0.334 e. The number of aromatic nitrogens is 2. The fraction of sp³-hybridized carbons (Fsp3) is 0.300. The lowest BCUT2D eigenvalue weighted by molar-refractivity contribution is 0.422. The number of hydrogen-bond donors (Lipinski definition) is 0. The molecule has 1 aliphatic carbocycles. The van der Waals surface area contributed by atoms with Gasteiger partial charge in [0.05, 0.1) is 11.4 Å².